The standard InChI is InChI=1S/C17H23N5O2.ClH/c1-11(2)14(20-16(23)12-5-8-18-9-6-12)17-21-15(22-24-17)13-4-3-7-19-10-13;/h3-4,7,10-12,14,18H,5-6,8-9H2,1-2H3,(H,20,23);1H. The van der Waals surface area contributed by atoms with Gasteiger partial charge in [0.05, 0.1) is 0 Å². The zero-order valence-corrected chi connectivity index (χ0v) is 15.3. The van der Waals surface area contributed by atoms with Crippen LogP contribution in [0.4, 0.5) is 0 Å². The summed E-state index contributed by atoms with van der Waals surface area (Å²) in [5.41, 5.74) is 0.791. The Morgan fingerprint density at radius 1 is 1.36 bits per heavy atom. The Balaban J connectivity index is 0.00000225. The van der Waals surface area contributed by atoms with E-state index in [4.69, 9.17) is 4.52 Å². The summed E-state index contributed by atoms with van der Waals surface area (Å²) < 4.78 is 5.41. The lowest BCUT2D eigenvalue weighted by atomic mass is 9.95. The second-order valence-electron chi connectivity index (χ2n) is 6.45. The molecule has 1 fully saturated rings. The predicted molar refractivity (Wildman–Crippen MR) is 96.1 cm³/mol. The molecule has 0 bridgehead atoms. The molecule has 1 atom stereocenters. The molecule has 1 saturated heterocycles. The summed E-state index contributed by atoms with van der Waals surface area (Å²) in [7, 11) is 0. The van der Waals surface area contributed by atoms with Crippen molar-refractivity contribution < 1.29 is 9.32 Å². The van der Waals surface area contributed by atoms with Crippen LogP contribution in [0.2, 0.25) is 0 Å². The third kappa shape index (κ3) is 4.76. The van der Waals surface area contributed by atoms with E-state index in [-0.39, 0.29) is 36.2 Å². The molecule has 3 rings (SSSR count). The van der Waals surface area contributed by atoms with Gasteiger partial charge in [0.25, 0.3) is 0 Å². The van der Waals surface area contributed by atoms with Crippen molar-refractivity contribution in [1.29, 1.82) is 0 Å². The minimum Gasteiger partial charge on any atom is -0.344 e. The zero-order valence-electron chi connectivity index (χ0n) is 14.4. The summed E-state index contributed by atoms with van der Waals surface area (Å²) in [6, 6.07) is 3.41. The molecule has 1 unspecified atom stereocenters. The first-order valence-electron chi connectivity index (χ1n) is 8.40. The van der Waals surface area contributed by atoms with Crippen molar-refractivity contribution in [2.45, 2.75) is 32.7 Å². The first kappa shape index (κ1) is 19.3. The van der Waals surface area contributed by atoms with E-state index in [0.29, 0.717) is 11.7 Å². The molecule has 1 aliphatic heterocycles. The zero-order chi connectivity index (χ0) is 16.9. The SMILES string of the molecule is CC(C)C(NC(=O)C1CCNCC1)c1nc(-c2cccnc2)no1.Cl. The van der Waals surface area contributed by atoms with Gasteiger partial charge < -0.3 is 15.2 Å². The van der Waals surface area contributed by atoms with E-state index in [9.17, 15) is 4.79 Å². The Hall–Kier alpha value is -1.99. The van der Waals surface area contributed by atoms with Gasteiger partial charge in [-0.3, -0.25) is 9.78 Å². The molecule has 8 heteroatoms. The molecule has 0 aliphatic carbocycles. The van der Waals surface area contributed by atoms with E-state index >= 15 is 0 Å². The van der Waals surface area contributed by atoms with E-state index in [1.54, 1.807) is 12.4 Å². The molecule has 25 heavy (non-hydrogen) atoms. The van der Waals surface area contributed by atoms with E-state index in [2.05, 4.69) is 25.8 Å². The van der Waals surface area contributed by atoms with Crippen molar-refractivity contribution in [3.63, 3.8) is 0 Å². The number of aromatic nitrogens is 3. The van der Waals surface area contributed by atoms with Crippen molar-refractivity contribution in [2.24, 2.45) is 11.8 Å². The monoisotopic (exact) mass is 365 g/mol. The molecule has 2 aromatic rings. The fourth-order valence-electron chi connectivity index (χ4n) is 2.84. The quantitative estimate of drug-likeness (QED) is 0.844. The van der Waals surface area contributed by atoms with Crippen LogP contribution >= 0.6 is 12.4 Å². The first-order chi connectivity index (χ1) is 11.6. The molecule has 2 N–H and O–H groups in total. The fourth-order valence-corrected chi connectivity index (χ4v) is 2.84. The second kappa shape index (κ2) is 8.92. The topological polar surface area (TPSA) is 92.9 Å². The average Bonchev–Trinajstić information content (AvgIpc) is 3.10. The van der Waals surface area contributed by atoms with Gasteiger partial charge in [0.15, 0.2) is 0 Å². The maximum atomic E-state index is 12.5. The normalized spacial score (nSPS) is 16.3. The highest BCUT2D eigenvalue weighted by Gasteiger charge is 2.28. The lowest BCUT2D eigenvalue weighted by Crippen LogP contribution is -2.41. The van der Waals surface area contributed by atoms with Crippen LogP contribution in [0.15, 0.2) is 29.0 Å². The molecular formula is C17H24ClN5O2. The number of halogens is 1. The van der Waals surface area contributed by atoms with Crippen LogP contribution in [-0.4, -0.2) is 34.1 Å². The van der Waals surface area contributed by atoms with Crippen LogP contribution in [0.5, 0.6) is 0 Å². The Bertz CT molecular complexity index is 671. The van der Waals surface area contributed by atoms with Crippen LogP contribution in [-0.2, 0) is 4.79 Å². The summed E-state index contributed by atoms with van der Waals surface area (Å²) in [6.45, 7) is 5.83. The molecule has 0 saturated carbocycles. The van der Waals surface area contributed by atoms with E-state index in [1.807, 2.05) is 26.0 Å². The first-order valence-corrected chi connectivity index (χ1v) is 8.40. The highest BCUT2D eigenvalue weighted by atomic mass is 35.5. The van der Waals surface area contributed by atoms with Gasteiger partial charge in [-0.15, -0.1) is 12.4 Å². The van der Waals surface area contributed by atoms with Crippen LogP contribution in [0.1, 0.15) is 38.6 Å². The lowest BCUT2D eigenvalue weighted by molar-refractivity contribution is -0.127. The van der Waals surface area contributed by atoms with E-state index in [1.165, 1.54) is 0 Å². The predicted octanol–water partition coefficient (Wildman–Crippen LogP) is 2.37. The molecular weight excluding hydrogens is 342 g/mol. The number of hydrogen-bond donors (Lipinski definition) is 2. The van der Waals surface area contributed by atoms with Gasteiger partial charge in [-0.05, 0) is 44.0 Å². The fraction of sp³-hybridized carbons (Fsp3) is 0.529. The molecule has 1 amide bonds. The summed E-state index contributed by atoms with van der Waals surface area (Å²) in [6.07, 6.45) is 5.11. The number of nitrogens with one attached hydrogen (secondary N) is 2. The second-order valence-corrected chi connectivity index (χ2v) is 6.45. The van der Waals surface area contributed by atoms with Crippen molar-refractivity contribution in [2.75, 3.05) is 13.1 Å². The lowest BCUT2D eigenvalue weighted by Gasteiger charge is -2.25. The molecule has 0 aromatic carbocycles. The smallest absolute Gasteiger partial charge is 0.249 e. The number of rotatable bonds is 5. The highest BCUT2D eigenvalue weighted by molar-refractivity contribution is 5.85. The summed E-state index contributed by atoms with van der Waals surface area (Å²) in [5.74, 6) is 1.19. The number of piperidine rings is 1. The number of pyridine rings is 1. The third-order valence-electron chi connectivity index (χ3n) is 4.30. The molecule has 1 aliphatic rings. The van der Waals surface area contributed by atoms with Gasteiger partial charge in [-0.25, -0.2) is 0 Å². The van der Waals surface area contributed by atoms with Crippen molar-refractivity contribution in [3.05, 3.63) is 30.4 Å². The third-order valence-corrected chi connectivity index (χ3v) is 4.30. The van der Waals surface area contributed by atoms with Crippen LogP contribution in [0, 0.1) is 11.8 Å². The highest BCUT2D eigenvalue weighted by Crippen LogP contribution is 2.24. The number of hydrogen-bond acceptors (Lipinski definition) is 6. The Morgan fingerprint density at radius 2 is 2.12 bits per heavy atom. The number of amides is 1. The Morgan fingerprint density at radius 3 is 2.76 bits per heavy atom. The van der Waals surface area contributed by atoms with Gasteiger partial charge >= 0.3 is 0 Å². The molecule has 7 nitrogen and oxygen atoms in total. The minimum atomic E-state index is -0.287. The van der Waals surface area contributed by atoms with Gasteiger partial charge in [-0.1, -0.05) is 19.0 Å². The van der Waals surface area contributed by atoms with E-state index in [0.717, 1.165) is 31.5 Å². The molecule has 3 heterocycles. The summed E-state index contributed by atoms with van der Waals surface area (Å²) in [5, 5.41) is 10.4. The maximum Gasteiger partial charge on any atom is 0.249 e. The molecule has 0 spiro atoms. The van der Waals surface area contributed by atoms with Gasteiger partial charge in [-0.2, -0.15) is 4.98 Å². The largest absolute Gasteiger partial charge is 0.344 e. The number of carbonyl (C=O) groups excluding carboxylic acids is 1. The maximum absolute atomic E-state index is 12.5. The number of carbonyl (C=O) groups is 1. The minimum absolute atomic E-state index is 0. The Kier molecular flexibility index (Phi) is 6.90. The Labute approximate surface area is 153 Å². The van der Waals surface area contributed by atoms with Crippen LogP contribution in [0.25, 0.3) is 11.4 Å². The number of nitrogens with zero attached hydrogens (tertiary/aromatic N) is 3. The van der Waals surface area contributed by atoms with Gasteiger partial charge in [0.2, 0.25) is 17.6 Å². The van der Waals surface area contributed by atoms with Crippen molar-refractivity contribution in [3.8, 4) is 11.4 Å². The van der Waals surface area contributed by atoms with E-state index < -0.39 is 0 Å². The summed E-state index contributed by atoms with van der Waals surface area (Å²) >= 11 is 0. The molecule has 0 radical (unpaired) electrons. The van der Waals surface area contributed by atoms with Crippen molar-refractivity contribution in [1.82, 2.24) is 25.8 Å². The molecule has 2 aromatic heterocycles. The van der Waals surface area contributed by atoms with Gasteiger partial charge in [0.1, 0.15) is 6.04 Å². The van der Waals surface area contributed by atoms with Crippen LogP contribution < -0.4 is 10.6 Å². The van der Waals surface area contributed by atoms with Crippen LogP contribution in [0.3, 0.4) is 0 Å². The van der Waals surface area contributed by atoms with Gasteiger partial charge in [0, 0.05) is 23.9 Å². The summed E-state index contributed by atoms with van der Waals surface area (Å²) in [4.78, 5) is 21.0. The average molecular weight is 366 g/mol. The molecule has 136 valence electrons. The van der Waals surface area contributed by atoms with Crippen molar-refractivity contribution >= 4 is 18.3 Å².